The van der Waals surface area contributed by atoms with Crippen molar-refractivity contribution >= 4 is 0 Å². The van der Waals surface area contributed by atoms with Crippen LogP contribution in [0.5, 0.6) is 0 Å². The zero-order valence-corrected chi connectivity index (χ0v) is 22.3. The summed E-state index contributed by atoms with van der Waals surface area (Å²) in [6, 6.07) is 0. The van der Waals surface area contributed by atoms with Gasteiger partial charge in [0.05, 0.1) is 31.5 Å². The van der Waals surface area contributed by atoms with E-state index in [-0.39, 0.29) is 92.6 Å². The molecule has 4 aliphatic heterocycles. The summed E-state index contributed by atoms with van der Waals surface area (Å²) in [7, 11) is 1.89. The standard InChI is InChI=1S/C15H23NO6.2U/c1-3-14-7-18-11(5-20-14)10(14)4-16(2)22-9-15-8-19-12(6-21-15)13(15)17;;/h5-6,10-13,17H,3-4,7-9H2,1-2H3;;/q-2;;/t10-,11-,12-,13-,14-,15+;;/m0../s1. The van der Waals surface area contributed by atoms with Gasteiger partial charge in [0.25, 0.3) is 0 Å². The van der Waals surface area contributed by atoms with E-state index in [4.69, 9.17) is 23.8 Å². The summed E-state index contributed by atoms with van der Waals surface area (Å²) >= 11 is 0. The Balaban J connectivity index is 0.00000104. The van der Waals surface area contributed by atoms with Gasteiger partial charge in [0.2, 0.25) is 0 Å². The van der Waals surface area contributed by atoms with Crippen LogP contribution in [0.4, 0.5) is 0 Å². The summed E-state index contributed by atoms with van der Waals surface area (Å²) in [6.45, 7) is 7.43. The topological polar surface area (TPSA) is 69.6 Å². The zero-order valence-electron chi connectivity index (χ0n) is 13.9. The Morgan fingerprint density at radius 2 is 1.75 bits per heavy atom. The first-order chi connectivity index (χ1) is 10.6. The maximum absolute atomic E-state index is 10.1. The first-order valence-electron chi connectivity index (χ1n) is 7.86. The van der Waals surface area contributed by atoms with E-state index >= 15 is 0 Å². The third kappa shape index (κ3) is 3.59. The molecule has 4 saturated heterocycles. The molecule has 9 heteroatoms. The molecule has 0 unspecified atom stereocenters. The number of hydrogen-bond donors (Lipinski definition) is 1. The van der Waals surface area contributed by atoms with E-state index in [0.717, 1.165) is 6.42 Å². The summed E-state index contributed by atoms with van der Waals surface area (Å²) in [5, 5.41) is 11.9. The third-order valence-electron chi connectivity index (χ3n) is 5.42. The van der Waals surface area contributed by atoms with Crippen molar-refractivity contribution in [3.63, 3.8) is 0 Å². The van der Waals surface area contributed by atoms with Crippen LogP contribution >= 0.6 is 0 Å². The molecular weight excluding hydrogens is 766 g/mol. The van der Waals surface area contributed by atoms with Crippen LogP contribution in [0.15, 0.2) is 0 Å². The van der Waals surface area contributed by atoms with Gasteiger partial charge in [-0.25, -0.2) is 0 Å². The minimum Gasteiger partial charge on any atom is -0.543 e. The molecule has 134 valence electrons. The molecule has 0 saturated carbocycles. The van der Waals surface area contributed by atoms with Gasteiger partial charge >= 0.3 is 0 Å². The Bertz CT molecular complexity index is 426. The van der Waals surface area contributed by atoms with E-state index in [1.54, 1.807) is 18.3 Å². The number of fused-ring (bicyclic) bond motifs is 4. The van der Waals surface area contributed by atoms with Crippen LogP contribution in [-0.4, -0.2) is 73.1 Å². The van der Waals surface area contributed by atoms with Gasteiger partial charge < -0.3 is 24.1 Å². The number of aliphatic hydroxyl groups is 1. The molecule has 24 heavy (non-hydrogen) atoms. The molecule has 0 radical (unpaired) electrons. The van der Waals surface area contributed by atoms with Gasteiger partial charge in [-0.1, -0.05) is 6.92 Å². The summed E-state index contributed by atoms with van der Waals surface area (Å²) in [4.78, 5) is 5.82. The number of rotatable bonds is 6. The fourth-order valence-corrected chi connectivity index (χ4v) is 3.78. The second-order valence-corrected chi connectivity index (χ2v) is 6.68. The van der Waals surface area contributed by atoms with Crippen LogP contribution in [0.1, 0.15) is 13.3 Å². The van der Waals surface area contributed by atoms with Crippen LogP contribution in [-0.2, 0) is 23.8 Å². The Morgan fingerprint density at radius 3 is 2.25 bits per heavy atom. The Morgan fingerprint density at radius 1 is 1.12 bits per heavy atom. The van der Waals surface area contributed by atoms with Crippen LogP contribution < -0.4 is 0 Å². The molecule has 4 bridgehead atoms. The van der Waals surface area contributed by atoms with Crippen LogP contribution in [0.25, 0.3) is 0 Å². The van der Waals surface area contributed by atoms with Gasteiger partial charge in [-0.2, -0.15) is 18.3 Å². The summed E-state index contributed by atoms with van der Waals surface area (Å²) in [6.07, 6.45) is -0.0516. The van der Waals surface area contributed by atoms with Crippen LogP contribution in [0.2, 0.25) is 0 Å². The first-order valence-corrected chi connectivity index (χ1v) is 7.86. The van der Waals surface area contributed by atoms with Crippen LogP contribution in [0.3, 0.4) is 0 Å². The smallest absolute Gasteiger partial charge is 0.111 e. The van der Waals surface area contributed by atoms with Crippen LogP contribution in [0, 0.1) is 81.4 Å². The summed E-state index contributed by atoms with van der Waals surface area (Å²) in [5.74, 6) is 0.258. The molecule has 0 aromatic carbocycles. The maximum Gasteiger partial charge on any atom is 0.111 e. The van der Waals surface area contributed by atoms with Crippen molar-refractivity contribution in [3.05, 3.63) is 13.2 Å². The van der Waals surface area contributed by atoms with E-state index in [2.05, 4.69) is 6.92 Å². The molecular formula is C15H23NO6U2-2. The van der Waals surface area contributed by atoms with E-state index in [0.29, 0.717) is 19.8 Å². The molecule has 4 heterocycles. The zero-order chi connectivity index (χ0) is 15.4. The predicted octanol–water partition coefficient (Wildman–Crippen LogP) is -0.104. The largest absolute Gasteiger partial charge is 0.543 e. The number of hydroxylamine groups is 2. The van der Waals surface area contributed by atoms with Crippen molar-refractivity contribution in [1.82, 2.24) is 5.06 Å². The second-order valence-electron chi connectivity index (χ2n) is 6.68. The molecule has 0 amide bonds. The fourth-order valence-electron chi connectivity index (χ4n) is 3.78. The van der Waals surface area contributed by atoms with Crippen molar-refractivity contribution in [2.45, 2.75) is 42.9 Å². The number of nitrogens with zero attached hydrogens (tertiary/aromatic N) is 1. The van der Waals surface area contributed by atoms with Crippen molar-refractivity contribution in [1.29, 1.82) is 0 Å². The SMILES string of the molecule is CC[C@@]12CO[C@@H]([CH-]O1)[C@@H]2CN(C)OC[C@@]12CO[C@@H]([CH-]O1)[C@@H]2O.[U].[U]. The molecule has 4 fully saturated rings. The number of hydrogen-bond acceptors (Lipinski definition) is 7. The van der Waals surface area contributed by atoms with E-state index < -0.39 is 11.7 Å². The predicted molar refractivity (Wildman–Crippen MR) is 74.1 cm³/mol. The van der Waals surface area contributed by atoms with Gasteiger partial charge in [0.15, 0.2) is 0 Å². The molecule has 1 N–H and O–H groups in total. The fraction of sp³-hybridized carbons (Fsp3) is 0.867. The molecule has 4 aliphatic rings. The van der Waals surface area contributed by atoms with Gasteiger partial charge in [-0.3, -0.25) is 4.84 Å². The summed E-state index contributed by atoms with van der Waals surface area (Å²) in [5.41, 5.74) is -0.992. The molecule has 0 aromatic rings. The second kappa shape index (κ2) is 8.45. The molecule has 0 aromatic heterocycles. The van der Waals surface area contributed by atoms with E-state index in [1.807, 2.05) is 7.05 Å². The minimum atomic E-state index is -0.769. The monoisotopic (exact) mass is 789 g/mol. The quantitative estimate of drug-likeness (QED) is 0.298. The van der Waals surface area contributed by atoms with E-state index in [9.17, 15) is 5.11 Å². The average Bonchev–Trinajstić information content (AvgIpc) is 3.25. The van der Waals surface area contributed by atoms with Gasteiger partial charge in [0, 0.05) is 81.7 Å². The normalized spacial score (nSPS) is 45.5. The van der Waals surface area contributed by atoms with E-state index in [1.165, 1.54) is 0 Å². The molecule has 6 atom stereocenters. The van der Waals surface area contributed by atoms with Gasteiger partial charge in [0.1, 0.15) is 5.60 Å². The van der Waals surface area contributed by atoms with Crippen molar-refractivity contribution < 1.29 is 91.1 Å². The summed E-state index contributed by atoms with van der Waals surface area (Å²) < 4.78 is 22.6. The Hall–Kier alpha value is 1.82. The van der Waals surface area contributed by atoms with Crippen molar-refractivity contribution in [2.24, 2.45) is 5.92 Å². The number of ether oxygens (including phenoxy) is 4. The molecule has 4 rings (SSSR count). The molecule has 0 aliphatic carbocycles. The number of aliphatic hydroxyl groups excluding tert-OH is 1. The minimum absolute atomic E-state index is 0. The molecule has 0 spiro atoms. The third-order valence-corrected chi connectivity index (χ3v) is 5.42. The van der Waals surface area contributed by atoms with Gasteiger partial charge in [-0.05, 0) is 18.6 Å². The Kier molecular flexibility index (Phi) is 7.79. The first kappa shape index (κ1) is 22.1. The average molecular weight is 789 g/mol. The van der Waals surface area contributed by atoms with Crippen molar-refractivity contribution in [3.8, 4) is 0 Å². The van der Waals surface area contributed by atoms with Crippen molar-refractivity contribution in [2.75, 3.05) is 33.4 Å². The Labute approximate surface area is 190 Å². The maximum atomic E-state index is 10.1. The van der Waals surface area contributed by atoms with Gasteiger partial charge in [-0.15, -0.1) is 0 Å². The molecule has 7 nitrogen and oxygen atoms in total.